The van der Waals surface area contributed by atoms with E-state index < -0.39 is 17.8 Å². The second kappa shape index (κ2) is 7.75. The normalized spacial score (nSPS) is 19.2. The lowest BCUT2D eigenvalue weighted by Crippen LogP contribution is -2.27. The number of nitrogens with one attached hydrogen (secondary N) is 1. The molecule has 5 nitrogen and oxygen atoms in total. The Morgan fingerprint density at radius 1 is 1.31 bits per heavy atom. The van der Waals surface area contributed by atoms with E-state index in [4.69, 9.17) is 11.6 Å². The number of halogens is 5. The molecule has 152 valence electrons. The minimum Gasteiger partial charge on any atom is -0.319 e. The molecule has 0 unspecified atom stereocenters. The van der Waals surface area contributed by atoms with Crippen LogP contribution >= 0.6 is 34.2 Å². The van der Waals surface area contributed by atoms with Crippen LogP contribution in [0.4, 0.5) is 18.9 Å². The van der Waals surface area contributed by atoms with Crippen molar-refractivity contribution < 1.29 is 18.0 Å². The molecule has 0 bridgehead atoms. The number of hydrogen-bond acceptors (Lipinski definition) is 3. The van der Waals surface area contributed by atoms with Gasteiger partial charge in [0, 0.05) is 16.0 Å². The van der Waals surface area contributed by atoms with E-state index in [2.05, 4.69) is 38.0 Å². The number of fused-ring (bicyclic) bond motifs is 1. The van der Waals surface area contributed by atoms with Crippen molar-refractivity contribution in [1.29, 1.82) is 0 Å². The van der Waals surface area contributed by atoms with Crippen molar-refractivity contribution in [3.8, 4) is 0 Å². The Hall–Kier alpha value is -1.88. The number of anilines is 1. The van der Waals surface area contributed by atoms with Crippen molar-refractivity contribution >= 4 is 56.7 Å². The SMILES string of the molecule is O=C(Nc1cc2cn([C@H]3C[C@H](CI)C3)nc2cc1Cl)c1cccc(C(F)(F)F)n1. The molecule has 1 amide bonds. The van der Waals surface area contributed by atoms with Gasteiger partial charge in [0.15, 0.2) is 0 Å². The third-order valence-electron chi connectivity index (χ3n) is 4.93. The number of hydrogen-bond donors (Lipinski definition) is 1. The van der Waals surface area contributed by atoms with Crippen LogP contribution in [0.15, 0.2) is 36.5 Å². The van der Waals surface area contributed by atoms with Crippen molar-refractivity contribution in [2.45, 2.75) is 25.1 Å². The molecule has 0 aliphatic heterocycles. The van der Waals surface area contributed by atoms with Crippen molar-refractivity contribution in [2.75, 3.05) is 9.74 Å². The van der Waals surface area contributed by atoms with Crippen LogP contribution in [0.3, 0.4) is 0 Å². The summed E-state index contributed by atoms with van der Waals surface area (Å²) >= 11 is 8.64. The van der Waals surface area contributed by atoms with Crippen molar-refractivity contribution in [2.24, 2.45) is 5.92 Å². The number of alkyl halides is 4. The molecule has 1 N–H and O–H groups in total. The second-order valence-electron chi connectivity index (χ2n) is 7.01. The molecule has 2 aromatic heterocycles. The number of pyridine rings is 1. The van der Waals surface area contributed by atoms with E-state index in [1.54, 1.807) is 12.1 Å². The first kappa shape index (κ1) is 20.4. The molecule has 0 spiro atoms. The Morgan fingerprint density at radius 3 is 2.76 bits per heavy atom. The standard InChI is InChI=1S/C19H15ClF3IN4O/c20-13-7-15-11(9-28(27-15)12-4-10(5-12)8-24)6-16(13)26-18(29)14-2-1-3-17(25-14)19(21,22)23/h1-3,6-7,9-10,12H,4-5,8H2,(H,26,29)/t10-,12-. The summed E-state index contributed by atoms with van der Waals surface area (Å²) in [7, 11) is 0. The van der Waals surface area contributed by atoms with Crippen LogP contribution in [-0.4, -0.2) is 25.1 Å². The highest BCUT2D eigenvalue weighted by Gasteiger charge is 2.33. The zero-order valence-corrected chi connectivity index (χ0v) is 17.8. The maximum absolute atomic E-state index is 12.8. The lowest BCUT2D eigenvalue weighted by atomic mass is 9.82. The first-order valence-corrected chi connectivity index (χ1v) is 10.7. The summed E-state index contributed by atoms with van der Waals surface area (Å²) in [6.45, 7) is 0. The topological polar surface area (TPSA) is 59.8 Å². The zero-order chi connectivity index (χ0) is 20.8. The van der Waals surface area contributed by atoms with E-state index in [1.165, 1.54) is 6.07 Å². The van der Waals surface area contributed by atoms with Gasteiger partial charge in [-0.05, 0) is 43.0 Å². The van der Waals surface area contributed by atoms with E-state index in [0.717, 1.165) is 34.8 Å². The maximum Gasteiger partial charge on any atom is 0.433 e. The molecular formula is C19H15ClF3IN4O. The van der Waals surface area contributed by atoms with Gasteiger partial charge in [-0.25, -0.2) is 4.98 Å². The fourth-order valence-electron chi connectivity index (χ4n) is 3.30. The molecule has 1 aliphatic carbocycles. The van der Waals surface area contributed by atoms with E-state index in [-0.39, 0.29) is 10.7 Å². The summed E-state index contributed by atoms with van der Waals surface area (Å²) in [5, 5.41) is 8.15. The summed E-state index contributed by atoms with van der Waals surface area (Å²) in [6, 6.07) is 6.83. The van der Waals surface area contributed by atoms with E-state index in [0.29, 0.717) is 23.2 Å². The first-order valence-electron chi connectivity index (χ1n) is 8.84. The highest BCUT2D eigenvalue weighted by molar-refractivity contribution is 14.1. The van der Waals surface area contributed by atoms with Gasteiger partial charge in [0.1, 0.15) is 11.4 Å². The number of amides is 1. The van der Waals surface area contributed by atoms with Crippen molar-refractivity contribution in [3.05, 3.63) is 52.9 Å². The molecule has 4 rings (SSSR count). The lowest BCUT2D eigenvalue weighted by molar-refractivity contribution is -0.141. The number of carbonyl (C=O) groups is 1. The van der Waals surface area contributed by atoms with Gasteiger partial charge in [0.2, 0.25) is 0 Å². The Morgan fingerprint density at radius 2 is 2.07 bits per heavy atom. The first-order chi connectivity index (χ1) is 13.7. The van der Waals surface area contributed by atoms with Gasteiger partial charge >= 0.3 is 6.18 Å². The van der Waals surface area contributed by atoms with Crippen LogP contribution in [0.5, 0.6) is 0 Å². The summed E-state index contributed by atoms with van der Waals surface area (Å²) in [5.41, 5.74) is -0.478. The number of aromatic nitrogens is 3. The van der Waals surface area contributed by atoms with Gasteiger partial charge in [-0.2, -0.15) is 18.3 Å². The Balaban J connectivity index is 1.56. The predicted octanol–water partition coefficient (Wildman–Crippen LogP) is 5.74. The van der Waals surface area contributed by atoms with Gasteiger partial charge in [-0.15, -0.1) is 0 Å². The predicted molar refractivity (Wildman–Crippen MR) is 113 cm³/mol. The van der Waals surface area contributed by atoms with Crippen LogP contribution in [0.1, 0.15) is 35.1 Å². The van der Waals surface area contributed by atoms with Gasteiger partial charge < -0.3 is 5.32 Å². The molecule has 1 saturated carbocycles. The second-order valence-corrected chi connectivity index (χ2v) is 8.29. The van der Waals surface area contributed by atoms with Crippen LogP contribution in [0.25, 0.3) is 10.9 Å². The average molecular weight is 535 g/mol. The fourth-order valence-corrected chi connectivity index (χ4v) is 4.22. The van der Waals surface area contributed by atoms with Crippen LogP contribution in [-0.2, 0) is 6.18 Å². The molecule has 0 radical (unpaired) electrons. The smallest absolute Gasteiger partial charge is 0.319 e. The Bertz CT molecular complexity index is 1080. The van der Waals surface area contributed by atoms with Crippen LogP contribution < -0.4 is 5.32 Å². The Labute approximate surface area is 182 Å². The van der Waals surface area contributed by atoms with E-state index in [9.17, 15) is 18.0 Å². The van der Waals surface area contributed by atoms with Crippen LogP contribution in [0.2, 0.25) is 5.02 Å². The summed E-state index contributed by atoms with van der Waals surface area (Å²) in [6.07, 6.45) is -0.567. The quantitative estimate of drug-likeness (QED) is 0.343. The number of benzene rings is 1. The van der Waals surface area contributed by atoms with Gasteiger partial charge in [-0.1, -0.05) is 40.3 Å². The van der Waals surface area contributed by atoms with Gasteiger partial charge in [-0.3, -0.25) is 9.48 Å². The third kappa shape index (κ3) is 4.20. The minimum atomic E-state index is -4.63. The lowest BCUT2D eigenvalue weighted by Gasteiger charge is -2.34. The number of nitrogens with zero attached hydrogens (tertiary/aromatic N) is 3. The van der Waals surface area contributed by atoms with Gasteiger partial charge in [0.05, 0.1) is 22.3 Å². The number of carbonyl (C=O) groups excluding carboxylic acids is 1. The van der Waals surface area contributed by atoms with Crippen LogP contribution in [0, 0.1) is 5.92 Å². The molecule has 10 heteroatoms. The highest BCUT2D eigenvalue weighted by Crippen LogP contribution is 2.39. The fraction of sp³-hybridized carbons (Fsp3) is 0.316. The minimum absolute atomic E-state index is 0.252. The zero-order valence-electron chi connectivity index (χ0n) is 14.9. The highest BCUT2D eigenvalue weighted by atomic mass is 127. The Kier molecular flexibility index (Phi) is 5.45. The molecule has 1 aliphatic rings. The monoisotopic (exact) mass is 534 g/mol. The van der Waals surface area contributed by atoms with Crippen molar-refractivity contribution in [1.82, 2.24) is 14.8 Å². The van der Waals surface area contributed by atoms with Gasteiger partial charge in [0.25, 0.3) is 5.91 Å². The molecular weight excluding hydrogens is 520 g/mol. The van der Waals surface area contributed by atoms with E-state index >= 15 is 0 Å². The molecule has 1 aromatic carbocycles. The molecule has 3 aromatic rings. The largest absolute Gasteiger partial charge is 0.433 e. The molecule has 0 atom stereocenters. The molecule has 2 heterocycles. The maximum atomic E-state index is 12.8. The number of rotatable bonds is 4. The average Bonchev–Trinajstić information content (AvgIpc) is 3.02. The molecule has 1 fully saturated rings. The summed E-state index contributed by atoms with van der Waals surface area (Å²) in [5.74, 6) is -0.0556. The van der Waals surface area contributed by atoms with Crippen molar-refractivity contribution in [3.63, 3.8) is 0 Å². The summed E-state index contributed by atoms with van der Waals surface area (Å²) < 4.78 is 41.5. The van der Waals surface area contributed by atoms with E-state index in [1.807, 2.05) is 10.9 Å². The third-order valence-corrected chi connectivity index (χ3v) is 6.49. The summed E-state index contributed by atoms with van der Waals surface area (Å²) in [4.78, 5) is 15.8. The molecule has 0 saturated heterocycles. The molecule has 29 heavy (non-hydrogen) atoms.